The van der Waals surface area contributed by atoms with Gasteiger partial charge in [-0.1, -0.05) is 6.07 Å². The molecule has 0 saturated carbocycles. The van der Waals surface area contributed by atoms with Crippen molar-refractivity contribution >= 4 is 29.2 Å². The van der Waals surface area contributed by atoms with Crippen LogP contribution in [0.4, 0.5) is 11.4 Å². The largest absolute Gasteiger partial charge is 0.477 e. The lowest BCUT2D eigenvalue weighted by Crippen LogP contribution is -2.26. The Labute approximate surface area is 166 Å². The van der Waals surface area contributed by atoms with Gasteiger partial charge in [-0.15, -0.1) is 0 Å². The maximum absolute atomic E-state index is 12.5. The van der Waals surface area contributed by atoms with Crippen LogP contribution in [0.1, 0.15) is 40.9 Å². The smallest absolute Gasteiger partial charge is 0.354 e. The first-order valence-corrected chi connectivity index (χ1v) is 8.91. The molecule has 0 bridgehead atoms. The number of hydrogen-bond donors (Lipinski definition) is 3. The average Bonchev–Trinajstić information content (AvgIpc) is 3.36. The Kier molecular flexibility index (Phi) is 5.72. The summed E-state index contributed by atoms with van der Waals surface area (Å²) in [5.74, 6) is -1.93. The maximum Gasteiger partial charge on any atom is 0.354 e. The molecular formula is C19H20N6O4. The predicted octanol–water partition coefficient (Wildman–Crippen LogP) is 2.25. The molecule has 1 aromatic carbocycles. The topological polar surface area (TPSA) is 131 Å². The van der Waals surface area contributed by atoms with Crippen molar-refractivity contribution in [2.75, 3.05) is 10.6 Å². The third-order valence-electron chi connectivity index (χ3n) is 4.27. The minimum Gasteiger partial charge on any atom is -0.477 e. The van der Waals surface area contributed by atoms with Gasteiger partial charge < -0.3 is 15.7 Å². The first kappa shape index (κ1) is 19.8. The quantitative estimate of drug-likeness (QED) is 0.561. The molecule has 0 radical (unpaired) electrons. The predicted molar refractivity (Wildman–Crippen MR) is 105 cm³/mol. The van der Waals surface area contributed by atoms with Gasteiger partial charge in [-0.05, 0) is 44.2 Å². The summed E-state index contributed by atoms with van der Waals surface area (Å²) in [6, 6.07) is 8.75. The number of carbonyl (C=O) groups excluding carboxylic acids is 2. The van der Waals surface area contributed by atoms with Gasteiger partial charge in [0.15, 0.2) is 0 Å². The summed E-state index contributed by atoms with van der Waals surface area (Å²) in [6.07, 6.45) is 2.88. The minimum absolute atomic E-state index is 0.0822. The molecule has 0 aliphatic rings. The highest BCUT2D eigenvalue weighted by Crippen LogP contribution is 2.18. The van der Waals surface area contributed by atoms with Crippen molar-refractivity contribution in [3.8, 4) is 0 Å². The molecule has 3 rings (SSSR count). The van der Waals surface area contributed by atoms with Gasteiger partial charge in [0, 0.05) is 30.3 Å². The number of aryl methyl sites for hydroxylation is 1. The summed E-state index contributed by atoms with van der Waals surface area (Å²) in [4.78, 5) is 36.2. The van der Waals surface area contributed by atoms with Gasteiger partial charge in [0.05, 0.1) is 0 Å². The number of carboxylic acids is 1. The Bertz CT molecular complexity index is 1050. The fourth-order valence-corrected chi connectivity index (χ4v) is 2.80. The van der Waals surface area contributed by atoms with E-state index in [1.54, 1.807) is 48.1 Å². The Morgan fingerprint density at radius 1 is 1.03 bits per heavy atom. The molecule has 0 aliphatic carbocycles. The second-order valence-corrected chi connectivity index (χ2v) is 6.20. The number of nitrogens with one attached hydrogen (secondary N) is 2. The number of hydrogen-bond acceptors (Lipinski definition) is 5. The molecule has 10 heteroatoms. The van der Waals surface area contributed by atoms with Gasteiger partial charge in [-0.25, -0.2) is 9.48 Å². The monoisotopic (exact) mass is 396 g/mol. The number of anilines is 2. The van der Waals surface area contributed by atoms with Crippen LogP contribution in [0.3, 0.4) is 0 Å². The van der Waals surface area contributed by atoms with E-state index < -0.39 is 17.9 Å². The van der Waals surface area contributed by atoms with Gasteiger partial charge in [0.1, 0.15) is 17.4 Å². The lowest BCUT2D eigenvalue weighted by Gasteiger charge is -2.15. The van der Waals surface area contributed by atoms with Gasteiger partial charge in [-0.3, -0.25) is 14.3 Å². The van der Waals surface area contributed by atoms with E-state index in [4.69, 9.17) is 0 Å². The number of nitrogens with zero attached hydrogens (tertiary/aromatic N) is 4. The molecule has 29 heavy (non-hydrogen) atoms. The fourth-order valence-electron chi connectivity index (χ4n) is 2.80. The van der Waals surface area contributed by atoms with Crippen LogP contribution < -0.4 is 10.6 Å². The molecule has 1 atom stereocenters. The molecule has 0 aliphatic heterocycles. The molecule has 2 aromatic heterocycles. The zero-order valence-electron chi connectivity index (χ0n) is 15.9. The number of aromatic carboxylic acids is 1. The van der Waals surface area contributed by atoms with Crippen LogP contribution in [0.25, 0.3) is 0 Å². The number of aromatic nitrogens is 4. The summed E-state index contributed by atoms with van der Waals surface area (Å²) >= 11 is 0. The van der Waals surface area contributed by atoms with Gasteiger partial charge in [0.2, 0.25) is 5.91 Å². The highest BCUT2D eigenvalue weighted by Gasteiger charge is 2.21. The zero-order valence-corrected chi connectivity index (χ0v) is 15.9. The Balaban J connectivity index is 1.71. The van der Waals surface area contributed by atoms with Crippen LogP contribution in [-0.2, 0) is 11.3 Å². The molecule has 0 spiro atoms. The maximum atomic E-state index is 12.5. The summed E-state index contributed by atoms with van der Waals surface area (Å²) in [6.45, 7) is 4.00. The molecule has 150 valence electrons. The molecule has 10 nitrogen and oxygen atoms in total. The van der Waals surface area contributed by atoms with Crippen LogP contribution in [0.5, 0.6) is 0 Å². The van der Waals surface area contributed by atoms with Crippen molar-refractivity contribution in [3.05, 3.63) is 60.2 Å². The third kappa shape index (κ3) is 4.32. The van der Waals surface area contributed by atoms with Crippen LogP contribution >= 0.6 is 0 Å². The van der Waals surface area contributed by atoms with E-state index in [-0.39, 0.29) is 11.6 Å². The Morgan fingerprint density at radius 2 is 1.69 bits per heavy atom. The van der Waals surface area contributed by atoms with E-state index >= 15 is 0 Å². The molecule has 0 fully saturated rings. The highest BCUT2D eigenvalue weighted by atomic mass is 16.4. The number of carboxylic acid groups (broad SMARTS) is 1. The van der Waals surface area contributed by atoms with E-state index in [2.05, 4.69) is 20.8 Å². The van der Waals surface area contributed by atoms with Crippen LogP contribution in [0.15, 0.2) is 48.8 Å². The van der Waals surface area contributed by atoms with Crippen molar-refractivity contribution in [2.24, 2.45) is 0 Å². The summed E-state index contributed by atoms with van der Waals surface area (Å²) in [7, 11) is 0. The van der Waals surface area contributed by atoms with E-state index in [0.29, 0.717) is 23.6 Å². The van der Waals surface area contributed by atoms with Crippen molar-refractivity contribution in [3.63, 3.8) is 0 Å². The normalized spacial score (nSPS) is 11.7. The minimum atomic E-state index is -1.17. The first-order valence-electron chi connectivity index (χ1n) is 8.91. The summed E-state index contributed by atoms with van der Waals surface area (Å²) < 4.78 is 2.71. The number of benzene rings is 1. The van der Waals surface area contributed by atoms with Crippen molar-refractivity contribution < 1.29 is 19.5 Å². The van der Waals surface area contributed by atoms with E-state index in [1.807, 2.05) is 6.92 Å². The molecular weight excluding hydrogens is 376 g/mol. The number of amides is 2. The summed E-state index contributed by atoms with van der Waals surface area (Å²) in [5, 5.41) is 22.6. The van der Waals surface area contributed by atoms with E-state index in [0.717, 1.165) is 4.68 Å². The Hall–Kier alpha value is -3.95. The molecule has 2 heterocycles. The SMILES string of the molecule is CCn1nccc1C(=O)Nc1cccc(NC(=O)C(C)n2nccc2C(=O)O)c1. The Morgan fingerprint density at radius 3 is 2.38 bits per heavy atom. The van der Waals surface area contributed by atoms with Crippen molar-refractivity contribution in [1.29, 1.82) is 0 Å². The lowest BCUT2D eigenvalue weighted by molar-refractivity contribution is -0.119. The highest BCUT2D eigenvalue weighted by molar-refractivity contribution is 6.03. The second-order valence-electron chi connectivity index (χ2n) is 6.20. The standard InChI is InChI=1S/C19H20N6O4/c1-3-24-15(7-9-20-24)18(27)23-14-6-4-5-13(11-14)22-17(26)12(2)25-16(19(28)29)8-10-21-25/h4-12H,3H2,1-2H3,(H,22,26)(H,23,27)(H,28,29). The fraction of sp³-hybridized carbons (Fsp3) is 0.211. The molecule has 2 amide bonds. The summed E-state index contributed by atoms with van der Waals surface area (Å²) in [5.41, 5.74) is 1.29. The lowest BCUT2D eigenvalue weighted by atomic mass is 10.2. The van der Waals surface area contributed by atoms with Crippen LogP contribution in [0, 0.1) is 0 Å². The number of carbonyl (C=O) groups is 3. The van der Waals surface area contributed by atoms with Crippen molar-refractivity contribution in [1.82, 2.24) is 19.6 Å². The van der Waals surface area contributed by atoms with Gasteiger partial charge in [0.25, 0.3) is 5.91 Å². The zero-order chi connectivity index (χ0) is 21.0. The van der Waals surface area contributed by atoms with E-state index in [1.165, 1.54) is 12.3 Å². The van der Waals surface area contributed by atoms with Crippen molar-refractivity contribution in [2.45, 2.75) is 26.4 Å². The second kappa shape index (κ2) is 8.38. The molecule has 3 aromatic rings. The van der Waals surface area contributed by atoms with Gasteiger partial charge in [-0.2, -0.15) is 10.2 Å². The molecule has 0 saturated heterocycles. The van der Waals surface area contributed by atoms with E-state index in [9.17, 15) is 19.5 Å². The average molecular weight is 396 g/mol. The van der Waals surface area contributed by atoms with Crippen LogP contribution in [-0.4, -0.2) is 42.5 Å². The third-order valence-corrected chi connectivity index (χ3v) is 4.27. The van der Waals surface area contributed by atoms with Crippen LogP contribution in [0.2, 0.25) is 0 Å². The molecule has 3 N–H and O–H groups in total. The number of rotatable bonds is 7. The first-order chi connectivity index (χ1) is 13.9. The van der Waals surface area contributed by atoms with Gasteiger partial charge >= 0.3 is 5.97 Å². The molecule has 1 unspecified atom stereocenters.